The average Bonchev–Trinajstić information content (AvgIpc) is 2.97. The molecule has 0 aliphatic carbocycles. The molecule has 1 fully saturated rings. The zero-order chi connectivity index (χ0) is 22.4. The van der Waals surface area contributed by atoms with E-state index in [0.29, 0.717) is 12.1 Å². The Labute approximate surface area is 180 Å². The fourth-order valence-corrected chi connectivity index (χ4v) is 6.77. The Morgan fingerprint density at radius 3 is 2.48 bits per heavy atom. The van der Waals surface area contributed by atoms with Crippen LogP contribution >= 0.6 is 0 Å². The van der Waals surface area contributed by atoms with Gasteiger partial charge in [-0.2, -0.15) is 13.2 Å². The topological polar surface area (TPSA) is 49.4 Å². The number of nitrogens with one attached hydrogen (secondary N) is 1. The van der Waals surface area contributed by atoms with E-state index < -0.39 is 33.2 Å². The SMILES string of the molecule is C=C(C)C[C@H]1N(S(=O)(=O)c2cccc(C(F)(F)F)c2)c2ccccc2C12CCNCC2. The second-order valence-corrected chi connectivity index (χ2v) is 10.2. The highest BCUT2D eigenvalue weighted by atomic mass is 32.2. The minimum atomic E-state index is -4.62. The van der Waals surface area contributed by atoms with Crippen molar-refractivity contribution in [3.8, 4) is 0 Å². The van der Waals surface area contributed by atoms with Crippen LogP contribution in [0.1, 0.15) is 37.3 Å². The Morgan fingerprint density at radius 2 is 1.84 bits per heavy atom. The summed E-state index contributed by atoms with van der Waals surface area (Å²) in [5.74, 6) is 0. The molecule has 1 saturated heterocycles. The molecule has 4 rings (SSSR count). The van der Waals surface area contributed by atoms with Gasteiger partial charge >= 0.3 is 6.18 Å². The molecule has 1 spiro atoms. The van der Waals surface area contributed by atoms with E-state index in [-0.39, 0.29) is 4.90 Å². The van der Waals surface area contributed by atoms with Crippen LogP contribution in [0, 0.1) is 0 Å². The van der Waals surface area contributed by atoms with Crippen molar-refractivity contribution in [1.29, 1.82) is 0 Å². The van der Waals surface area contributed by atoms with E-state index in [0.717, 1.165) is 55.3 Å². The Hall–Kier alpha value is -2.32. The largest absolute Gasteiger partial charge is 0.416 e. The smallest absolute Gasteiger partial charge is 0.317 e. The number of para-hydroxylation sites is 1. The van der Waals surface area contributed by atoms with Gasteiger partial charge in [-0.1, -0.05) is 29.8 Å². The molecule has 2 aliphatic heterocycles. The van der Waals surface area contributed by atoms with E-state index in [9.17, 15) is 21.6 Å². The van der Waals surface area contributed by atoms with E-state index in [4.69, 9.17) is 0 Å². The Balaban J connectivity index is 1.90. The molecule has 2 aliphatic rings. The van der Waals surface area contributed by atoms with Crippen LogP contribution in [0.2, 0.25) is 0 Å². The summed E-state index contributed by atoms with van der Waals surface area (Å²) in [4.78, 5) is -0.352. The third-order valence-electron chi connectivity index (χ3n) is 6.35. The second-order valence-electron chi connectivity index (χ2n) is 8.43. The molecule has 1 atom stereocenters. The number of hydrogen-bond donors (Lipinski definition) is 1. The molecule has 166 valence electrons. The maximum atomic E-state index is 13.8. The lowest BCUT2D eigenvalue weighted by Crippen LogP contribution is -2.52. The molecule has 0 radical (unpaired) electrons. The standard InChI is InChI=1S/C23H25F3N2O2S/c1-16(2)14-21-22(10-12-27-13-11-22)19-8-3-4-9-20(19)28(21)31(29,30)18-7-5-6-17(15-18)23(24,25)26/h3-9,15,21,27H,1,10-14H2,2H3/t21-/m1/s1. The number of piperidine rings is 1. The predicted molar refractivity (Wildman–Crippen MR) is 115 cm³/mol. The van der Waals surface area contributed by atoms with Crippen molar-refractivity contribution in [3.63, 3.8) is 0 Å². The van der Waals surface area contributed by atoms with Crippen molar-refractivity contribution in [2.45, 2.75) is 48.7 Å². The molecule has 1 N–H and O–H groups in total. The van der Waals surface area contributed by atoms with Gasteiger partial charge in [0.25, 0.3) is 10.0 Å². The van der Waals surface area contributed by atoms with Gasteiger partial charge < -0.3 is 5.32 Å². The van der Waals surface area contributed by atoms with Crippen LogP contribution in [0.4, 0.5) is 18.9 Å². The predicted octanol–water partition coefficient (Wildman–Crippen LogP) is 4.87. The first-order valence-corrected chi connectivity index (χ1v) is 11.7. The fourth-order valence-electron chi connectivity index (χ4n) is 4.99. The second kappa shape index (κ2) is 7.67. The Morgan fingerprint density at radius 1 is 1.16 bits per heavy atom. The zero-order valence-electron chi connectivity index (χ0n) is 17.2. The van der Waals surface area contributed by atoms with E-state index in [1.807, 2.05) is 19.1 Å². The molecule has 0 amide bonds. The molecule has 0 bridgehead atoms. The number of fused-ring (bicyclic) bond motifs is 2. The molecule has 2 aromatic carbocycles. The van der Waals surface area contributed by atoms with Crippen LogP contribution in [-0.4, -0.2) is 27.5 Å². The van der Waals surface area contributed by atoms with Gasteiger partial charge in [0.05, 0.1) is 22.2 Å². The minimum Gasteiger partial charge on any atom is -0.317 e. The molecule has 0 unspecified atom stereocenters. The maximum absolute atomic E-state index is 13.8. The van der Waals surface area contributed by atoms with E-state index in [1.54, 1.807) is 12.1 Å². The van der Waals surface area contributed by atoms with Gasteiger partial charge in [-0.25, -0.2) is 8.42 Å². The Kier molecular flexibility index (Phi) is 5.42. The van der Waals surface area contributed by atoms with Crippen molar-refractivity contribution in [2.24, 2.45) is 0 Å². The molecule has 2 aromatic rings. The lowest BCUT2D eigenvalue weighted by atomic mass is 9.68. The first-order valence-electron chi connectivity index (χ1n) is 10.2. The third-order valence-corrected chi connectivity index (χ3v) is 8.17. The first kappa shape index (κ1) is 21.9. The summed E-state index contributed by atoms with van der Waals surface area (Å²) >= 11 is 0. The number of alkyl halides is 3. The molecule has 0 aromatic heterocycles. The molecule has 31 heavy (non-hydrogen) atoms. The summed E-state index contributed by atoms with van der Waals surface area (Å²) in [7, 11) is -4.23. The van der Waals surface area contributed by atoms with Crippen LogP contribution < -0.4 is 9.62 Å². The maximum Gasteiger partial charge on any atom is 0.416 e. The van der Waals surface area contributed by atoms with Crippen LogP contribution in [0.5, 0.6) is 0 Å². The summed E-state index contributed by atoms with van der Waals surface area (Å²) in [6.45, 7) is 7.36. The van der Waals surface area contributed by atoms with Gasteiger partial charge in [0.2, 0.25) is 0 Å². The van der Waals surface area contributed by atoms with Gasteiger partial charge in [-0.05, 0) is 69.1 Å². The van der Waals surface area contributed by atoms with E-state index >= 15 is 0 Å². The van der Waals surface area contributed by atoms with Crippen molar-refractivity contribution in [3.05, 3.63) is 71.8 Å². The first-order chi connectivity index (χ1) is 14.6. The minimum absolute atomic E-state index is 0.352. The van der Waals surface area contributed by atoms with Crippen LogP contribution in [0.15, 0.2) is 65.6 Å². The van der Waals surface area contributed by atoms with E-state index in [2.05, 4.69) is 11.9 Å². The van der Waals surface area contributed by atoms with Crippen LogP contribution in [-0.2, 0) is 21.6 Å². The summed E-state index contributed by atoms with van der Waals surface area (Å²) in [5, 5.41) is 3.33. The number of benzene rings is 2. The summed E-state index contributed by atoms with van der Waals surface area (Å²) < 4.78 is 68.8. The highest BCUT2D eigenvalue weighted by molar-refractivity contribution is 7.92. The summed E-state index contributed by atoms with van der Waals surface area (Å²) in [6.07, 6.45) is -2.69. The van der Waals surface area contributed by atoms with Crippen LogP contribution in [0.3, 0.4) is 0 Å². The quantitative estimate of drug-likeness (QED) is 0.676. The monoisotopic (exact) mass is 450 g/mol. The number of rotatable bonds is 4. The molecule has 0 saturated carbocycles. The van der Waals surface area contributed by atoms with Gasteiger partial charge in [0.15, 0.2) is 0 Å². The highest BCUT2D eigenvalue weighted by Gasteiger charge is 2.54. The number of sulfonamides is 1. The fraction of sp³-hybridized carbons (Fsp3) is 0.391. The molecule has 2 heterocycles. The van der Waals surface area contributed by atoms with Crippen molar-refractivity contribution in [2.75, 3.05) is 17.4 Å². The molecule has 8 heteroatoms. The van der Waals surface area contributed by atoms with Crippen molar-refractivity contribution >= 4 is 15.7 Å². The summed E-state index contributed by atoms with van der Waals surface area (Å²) in [6, 6.07) is 10.9. The zero-order valence-corrected chi connectivity index (χ0v) is 18.1. The van der Waals surface area contributed by atoms with Gasteiger partial charge in [0.1, 0.15) is 0 Å². The number of nitrogens with zero attached hydrogens (tertiary/aromatic N) is 1. The normalized spacial score (nSPS) is 20.6. The van der Waals surface area contributed by atoms with Crippen molar-refractivity contribution < 1.29 is 21.6 Å². The number of anilines is 1. The Bertz CT molecular complexity index is 1110. The van der Waals surface area contributed by atoms with Gasteiger partial charge in [0, 0.05) is 5.41 Å². The van der Waals surface area contributed by atoms with Crippen LogP contribution in [0.25, 0.3) is 0 Å². The highest BCUT2D eigenvalue weighted by Crippen LogP contribution is 2.53. The lowest BCUT2D eigenvalue weighted by Gasteiger charge is -2.42. The van der Waals surface area contributed by atoms with Gasteiger partial charge in [-0.3, -0.25) is 4.31 Å². The van der Waals surface area contributed by atoms with Crippen molar-refractivity contribution in [1.82, 2.24) is 5.32 Å². The molecular weight excluding hydrogens is 425 g/mol. The summed E-state index contributed by atoms with van der Waals surface area (Å²) in [5.41, 5.74) is 0.940. The molecular formula is C23H25F3N2O2S. The third kappa shape index (κ3) is 3.65. The molecule has 4 nitrogen and oxygen atoms in total. The van der Waals surface area contributed by atoms with Gasteiger partial charge in [-0.15, -0.1) is 6.58 Å². The van der Waals surface area contributed by atoms with E-state index in [1.165, 1.54) is 10.4 Å². The number of hydrogen-bond acceptors (Lipinski definition) is 3. The lowest BCUT2D eigenvalue weighted by molar-refractivity contribution is -0.137. The number of halogens is 3. The average molecular weight is 451 g/mol.